The molecule has 0 aliphatic heterocycles. The van der Waals surface area contributed by atoms with E-state index >= 15 is 0 Å². The molecule has 0 aliphatic carbocycles. The van der Waals surface area contributed by atoms with E-state index in [2.05, 4.69) is 34.3 Å². The molecule has 0 heterocycles. The molecule has 0 radical (unpaired) electrons. The van der Waals surface area contributed by atoms with Gasteiger partial charge in [0.05, 0.1) is 0 Å². The first-order valence-corrected chi connectivity index (χ1v) is 5.29. The molecule has 0 N–H and O–H groups in total. The van der Waals surface area contributed by atoms with Gasteiger partial charge in [0, 0.05) is 0 Å². The van der Waals surface area contributed by atoms with Crippen molar-refractivity contribution in [2.24, 2.45) is 5.92 Å². The van der Waals surface area contributed by atoms with Crippen LogP contribution in [0.4, 0.5) is 0 Å². The van der Waals surface area contributed by atoms with Crippen LogP contribution in [-0.4, -0.2) is 0 Å². The van der Waals surface area contributed by atoms with Crippen LogP contribution < -0.4 is 0 Å². The molecule has 0 aromatic rings. The van der Waals surface area contributed by atoms with E-state index in [-0.39, 0.29) is 0 Å². The lowest BCUT2D eigenvalue weighted by molar-refractivity contribution is 0.626. The molecule has 0 heteroatoms. The zero-order valence-corrected chi connectivity index (χ0v) is 9.98. The van der Waals surface area contributed by atoms with Gasteiger partial charge in [0.25, 0.3) is 0 Å². The molecule has 0 amide bonds. The Hall–Kier alpha value is -0.260. The summed E-state index contributed by atoms with van der Waals surface area (Å²) in [6.07, 6.45) is 5.61. The Balaban J connectivity index is -0.000000112. The van der Waals surface area contributed by atoms with Gasteiger partial charge < -0.3 is 0 Å². The fourth-order valence-electron chi connectivity index (χ4n) is 0.204. The van der Waals surface area contributed by atoms with Crippen LogP contribution in [0.3, 0.4) is 0 Å². The van der Waals surface area contributed by atoms with Crippen molar-refractivity contribution < 1.29 is 0 Å². The fraction of sp³-hybridized carbons (Fsp3) is 0.833. The summed E-state index contributed by atoms with van der Waals surface area (Å²) in [6, 6.07) is 0. The molecule has 0 fully saturated rings. The molecule has 76 valence electrons. The Morgan fingerprint density at radius 1 is 1.17 bits per heavy atom. The summed E-state index contributed by atoms with van der Waals surface area (Å²) in [5.41, 5.74) is 0. The van der Waals surface area contributed by atoms with Crippen LogP contribution in [0.15, 0.2) is 12.7 Å². The van der Waals surface area contributed by atoms with Crippen molar-refractivity contribution in [2.75, 3.05) is 0 Å². The van der Waals surface area contributed by atoms with Gasteiger partial charge in [0.1, 0.15) is 0 Å². The second-order valence-corrected chi connectivity index (χ2v) is 2.88. The minimum absolute atomic E-state index is 0.884. The highest BCUT2D eigenvalue weighted by atomic mass is 13.9. The Bertz CT molecular complexity index is 53.1. The standard InChI is InChI=1S/C5H12.C5H10.C2H6/c1-4-5(2)3;1-3-5-4-2;1-2/h5H,4H2,1-3H3;3H,1,4-5H2,2H3;1-2H3. The van der Waals surface area contributed by atoms with Crippen molar-refractivity contribution in [3.05, 3.63) is 12.7 Å². The summed E-state index contributed by atoms with van der Waals surface area (Å²) >= 11 is 0. The molecule has 0 aromatic heterocycles. The number of rotatable bonds is 3. The Kier molecular flexibility index (Phi) is 33.1. The van der Waals surface area contributed by atoms with Crippen molar-refractivity contribution in [1.82, 2.24) is 0 Å². The first kappa shape index (κ1) is 17.7. The van der Waals surface area contributed by atoms with E-state index in [4.69, 9.17) is 0 Å². The summed E-state index contributed by atoms with van der Waals surface area (Å²) in [7, 11) is 0. The summed E-state index contributed by atoms with van der Waals surface area (Å²) in [6.45, 7) is 16.3. The average Bonchev–Trinajstić information content (AvgIpc) is 2.10. The maximum Gasteiger partial charge on any atom is -0.0356 e. The maximum absolute atomic E-state index is 3.55. The fourth-order valence-corrected chi connectivity index (χ4v) is 0.204. The largest absolute Gasteiger partial charge is 0.103 e. The molecule has 0 aromatic carbocycles. The van der Waals surface area contributed by atoms with Gasteiger partial charge in [-0.05, 0) is 12.3 Å². The smallest absolute Gasteiger partial charge is 0.0356 e. The van der Waals surface area contributed by atoms with Crippen LogP contribution in [0.25, 0.3) is 0 Å². The zero-order chi connectivity index (χ0) is 10.4. The Morgan fingerprint density at radius 3 is 1.50 bits per heavy atom. The predicted octanol–water partition coefficient (Wildman–Crippen LogP) is 5.05. The Morgan fingerprint density at radius 2 is 1.50 bits per heavy atom. The van der Waals surface area contributed by atoms with E-state index < -0.39 is 0 Å². The van der Waals surface area contributed by atoms with Crippen LogP contribution in [-0.2, 0) is 0 Å². The molecule has 0 saturated carbocycles. The molecule has 0 atom stereocenters. The highest BCUT2D eigenvalue weighted by Crippen LogP contribution is 1.93. The lowest BCUT2D eigenvalue weighted by Gasteiger charge is -1.90. The minimum atomic E-state index is 0.884. The highest BCUT2D eigenvalue weighted by molar-refractivity contribution is 4.63. The molecule has 0 spiro atoms. The topological polar surface area (TPSA) is 0 Å². The molecule has 0 unspecified atom stereocenters. The van der Waals surface area contributed by atoms with Crippen molar-refractivity contribution in [3.63, 3.8) is 0 Å². The quantitative estimate of drug-likeness (QED) is 0.522. The number of hydrogen-bond acceptors (Lipinski definition) is 0. The third kappa shape index (κ3) is 53.2. The monoisotopic (exact) mass is 172 g/mol. The average molecular weight is 172 g/mol. The molecular weight excluding hydrogens is 144 g/mol. The molecular formula is C12H28. The summed E-state index contributed by atoms with van der Waals surface area (Å²) in [4.78, 5) is 0. The van der Waals surface area contributed by atoms with E-state index in [0.717, 1.165) is 12.3 Å². The summed E-state index contributed by atoms with van der Waals surface area (Å²) in [5, 5.41) is 0. The lowest BCUT2D eigenvalue weighted by atomic mass is 10.2. The third-order valence-electron chi connectivity index (χ3n) is 1.31. The number of hydrogen-bond donors (Lipinski definition) is 0. The van der Waals surface area contributed by atoms with Gasteiger partial charge in [-0.2, -0.15) is 0 Å². The third-order valence-corrected chi connectivity index (χ3v) is 1.31. The lowest BCUT2D eigenvalue weighted by Crippen LogP contribution is -1.77. The second kappa shape index (κ2) is 22.4. The van der Waals surface area contributed by atoms with Crippen LogP contribution in [0.2, 0.25) is 0 Å². The first-order valence-electron chi connectivity index (χ1n) is 5.29. The van der Waals surface area contributed by atoms with Crippen LogP contribution >= 0.6 is 0 Å². The first-order chi connectivity index (χ1) is 5.68. The van der Waals surface area contributed by atoms with Crippen molar-refractivity contribution in [3.8, 4) is 0 Å². The number of allylic oxidation sites excluding steroid dienone is 1. The maximum atomic E-state index is 3.55. The van der Waals surface area contributed by atoms with Crippen molar-refractivity contribution in [1.29, 1.82) is 0 Å². The van der Waals surface area contributed by atoms with Gasteiger partial charge in [-0.3, -0.25) is 0 Å². The van der Waals surface area contributed by atoms with E-state index in [1.54, 1.807) is 0 Å². The van der Waals surface area contributed by atoms with Gasteiger partial charge in [-0.25, -0.2) is 0 Å². The highest BCUT2D eigenvalue weighted by Gasteiger charge is 1.80. The SMILES string of the molecule is C=CCCC.CC.CCC(C)C. The van der Waals surface area contributed by atoms with E-state index in [1.165, 1.54) is 12.8 Å². The van der Waals surface area contributed by atoms with Gasteiger partial charge in [0.2, 0.25) is 0 Å². The van der Waals surface area contributed by atoms with Gasteiger partial charge in [0.15, 0.2) is 0 Å². The molecule has 12 heavy (non-hydrogen) atoms. The molecule has 0 bridgehead atoms. The van der Waals surface area contributed by atoms with Crippen LogP contribution in [0.1, 0.15) is 60.8 Å². The van der Waals surface area contributed by atoms with Gasteiger partial charge >= 0.3 is 0 Å². The van der Waals surface area contributed by atoms with Gasteiger partial charge in [-0.15, -0.1) is 6.58 Å². The molecule has 0 saturated heterocycles. The zero-order valence-electron chi connectivity index (χ0n) is 9.98. The van der Waals surface area contributed by atoms with Crippen LogP contribution in [0, 0.1) is 5.92 Å². The summed E-state index contributed by atoms with van der Waals surface area (Å²) < 4.78 is 0. The van der Waals surface area contributed by atoms with Crippen molar-refractivity contribution >= 4 is 0 Å². The molecule has 0 nitrogen and oxygen atoms in total. The van der Waals surface area contributed by atoms with E-state index in [1.807, 2.05) is 19.9 Å². The number of unbranched alkanes of at least 4 members (excludes halogenated alkanes) is 1. The molecule has 0 rings (SSSR count). The molecule has 0 aliphatic rings. The van der Waals surface area contributed by atoms with E-state index in [0.29, 0.717) is 0 Å². The minimum Gasteiger partial charge on any atom is -0.103 e. The van der Waals surface area contributed by atoms with Crippen molar-refractivity contribution in [2.45, 2.75) is 60.8 Å². The predicted molar refractivity (Wildman–Crippen MR) is 61.6 cm³/mol. The normalized spacial score (nSPS) is 7.58. The Labute approximate surface area is 80.1 Å². The van der Waals surface area contributed by atoms with Crippen LogP contribution in [0.5, 0.6) is 0 Å². The van der Waals surface area contributed by atoms with Gasteiger partial charge in [-0.1, -0.05) is 60.5 Å². The summed E-state index contributed by atoms with van der Waals surface area (Å²) in [5.74, 6) is 0.884. The van der Waals surface area contributed by atoms with E-state index in [9.17, 15) is 0 Å². The second-order valence-electron chi connectivity index (χ2n) is 2.88.